The summed E-state index contributed by atoms with van der Waals surface area (Å²) in [6.45, 7) is 4.15. The third-order valence-corrected chi connectivity index (χ3v) is 3.16. The smallest absolute Gasteiger partial charge is 0.252 e. The lowest BCUT2D eigenvalue weighted by Crippen LogP contribution is -2.45. The van der Waals surface area contributed by atoms with Gasteiger partial charge in [0.05, 0.1) is 0 Å². The van der Waals surface area contributed by atoms with E-state index in [-0.39, 0.29) is 18.0 Å². The van der Waals surface area contributed by atoms with Gasteiger partial charge < -0.3 is 0 Å². The number of amides is 1. The van der Waals surface area contributed by atoms with E-state index in [0.29, 0.717) is 6.42 Å². The molecule has 2 atom stereocenters. The molecule has 0 aromatic heterocycles. The third kappa shape index (κ3) is 2.46. The quantitative estimate of drug-likeness (QED) is 0.335. The fraction of sp³-hybridized carbons (Fsp3) is 0.417. The van der Waals surface area contributed by atoms with E-state index in [9.17, 15) is 4.79 Å². The molecule has 5 heteroatoms. The number of hydrogen-bond donors (Lipinski definition) is 4. The van der Waals surface area contributed by atoms with Gasteiger partial charge in [0.1, 0.15) is 6.04 Å². The van der Waals surface area contributed by atoms with Crippen LogP contribution >= 0.6 is 0 Å². The van der Waals surface area contributed by atoms with E-state index < -0.39 is 0 Å². The Balaban J connectivity index is 2.12. The van der Waals surface area contributed by atoms with Crippen molar-refractivity contribution in [3.63, 3.8) is 0 Å². The standard InChI is InChI=1S/C12H18N4O/c1-7-3-4-9(8(2)5-7)10-6-11(16-15-10)12(17)14-13/h3-5,10-11,15-16H,6,13H2,1-2H3,(H,14,17). The molecule has 1 aliphatic rings. The molecule has 1 saturated heterocycles. The largest absolute Gasteiger partial charge is 0.293 e. The topological polar surface area (TPSA) is 79.2 Å². The van der Waals surface area contributed by atoms with Gasteiger partial charge in [-0.1, -0.05) is 23.8 Å². The van der Waals surface area contributed by atoms with Crippen LogP contribution in [0.15, 0.2) is 18.2 Å². The summed E-state index contributed by atoms with van der Waals surface area (Å²) >= 11 is 0. The van der Waals surface area contributed by atoms with Gasteiger partial charge >= 0.3 is 0 Å². The molecule has 5 N–H and O–H groups in total. The van der Waals surface area contributed by atoms with Gasteiger partial charge in [0.25, 0.3) is 5.91 Å². The Kier molecular flexibility index (Phi) is 3.42. The average Bonchev–Trinajstić information content (AvgIpc) is 2.77. The summed E-state index contributed by atoms with van der Waals surface area (Å²) < 4.78 is 0. The highest BCUT2D eigenvalue weighted by Crippen LogP contribution is 2.25. The van der Waals surface area contributed by atoms with Gasteiger partial charge in [-0.3, -0.25) is 10.2 Å². The maximum Gasteiger partial charge on any atom is 0.252 e. The molecule has 0 aliphatic carbocycles. The first-order valence-corrected chi connectivity index (χ1v) is 5.70. The SMILES string of the molecule is Cc1ccc(C2CC(C(=O)NN)NN2)c(C)c1. The van der Waals surface area contributed by atoms with E-state index in [0.717, 1.165) is 0 Å². The minimum Gasteiger partial charge on any atom is -0.293 e. The number of carbonyl (C=O) groups is 1. The molecule has 0 radical (unpaired) electrons. The highest BCUT2D eigenvalue weighted by Gasteiger charge is 2.30. The van der Waals surface area contributed by atoms with Crippen molar-refractivity contribution in [1.29, 1.82) is 0 Å². The summed E-state index contributed by atoms with van der Waals surface area (Å²) in [6, 6.07) is 6.21. The molecule has 2 unspecified atom stereocenters. The van der Waals surface area contributed by atoms with E-state index in [1.54, 1.807) is 0 Å². The average molecular weight is 234 g/mol. The summed E-state index contributed by atoms with van der Waals surface area (Å²) in [5, 5.41) is 0. The maximum atomic E-state index is 11.4. The van der Waals surface area contributed by atoms with Gasteiger partial charge in [0.15, 0.2) is 0 Å². The molecule has 17 heavy (non-hydrogen) atoms. The molecule has 1 aromatic carbocycles. The van der Waals surface area contributed by atoms with Crippen LogP contribution in [0.2, 0.25) is 0 Å². The lowest BCUT2D eigenvalue weighted by Gasteiger charge is -2.13. The molecule has 0 spiro atoms. The fourth-order valence-electron chi connectivity index (χ4n) is 2.25. The predicted molar refractivity (Wildman–Crippen MR) is 65.7 cm³/mol. The normalized spacial score (nSPS) is 23.7. The molecular weight excluding hydrogens is 216 g/mol. The molecule has 1 aromatic rings. The maximum absolute atomic E-state index is 11.4. The summed E-state index contributed by atoms with van der Waals surface area (Å²) in [7, 11) is 0. The van der Waals surface area contributed by atoms with Crippen LogP contribution in [-0.2, 0) is 4.79 Å². The first kappa shape index (κ1) is 12.0. The molecule has 1 fully saturated rings. The van der Waals surface area contributed by atoms with E-state index >= 15 is 0 Å². The number of hydrazine groups is 2. The molecule has 0 saturated carbocycles. The molecule has 5 nitrogen and oxygen atoms in total. The Morgan fingerprint density at radius 2 is 2.18 bits per heavy atom. The number of nitrogens with two attached hydrogens (primary N) is 1. The molecule has 2 rings (SSSR count). The van der Waals surface area contributed by atoms with Gasteiger partial charge in [-0.25, -0.2) is 16.7 Å². The second kappa shape index (κ2) is 4.83. The second-order valence-electron chi connectivity index (χ2n) is 4.50. The van der Waals surface area contributed by atoms with Crippen molar-refractivity contribution in [3.05, 3.63) is 34.9 Å². The van der Waals surface area contributed by atoms with Gasteiger partial charge in [0.2, 0.25) is 0 Å². The summed E-state index contributed by atoms with van der Waals surface area (Å²) in [5.74, 6) is 4.93. The highest BCUT2D eigenvalue weighted by atomic mass is 16.2. The number of rotatable bonds is 2. The van der Waals surface area contributed by atoms with Crippen LogP contribution in [0.5, 0.6) is 0 Å². The Bertz CT molecular complexity index is 433. The van der Waals surface area contributed by atoms with Crippen molar-refractivity contribution < 1.29 is 4.79 Å². The molecule has 92 valence electrons. The Labute approximate surface area is 101 Å². The molecule has 1 amide bonds. The number of aryl methyl sites for hydroxylation is 2. The second-order valence-corrected chi connectivity index (χ2v) is 4.50. The molecule has 1 heterocycles. The Morgan fingerprint density at radius 1 is 1.41 bits per heavy atom. The van der Waals surface area contributed by atoms with E-state index in [4.69, 9.17) is 5.84 Å². The zero-order valence-electron chi connectivity index (χ0n) is 10.1. The van der Waals surface area contributed by atoms with Crippen LogP contribution in [0.1, 0.15) is 29.2 Å². The number of benzene rings is 1. The summed E-state index contributed by atoms with van der Waals surface area (Å²) in [6.07, 6.45) is 0.701. The monoisotopic (exact) mass is 234 g/mol. The highest BCUT2D eigenvalue weighted by molar-refractivity contribution is 5.81. The summed E-state index contributed by atoms with van der Waals surface area (Å²) in [4.78, 5) is 11.4. The van der Waals surface area contributed by atoms with E-state index in [1.807, 2.05) is 0 Å². The van der Waals surface area contributed by atoms with E-state index in [2.05, 4.69) is 48.3 Å². The predicted octanol–water partition coefficient (Wildman–Crippen LogP) is 0.201. The lowest BCUT2D eigenvalue weighted by molar-refractivity contribution is -0.122. The van der Waals surface area contributed by atoms with Gasteiger partial charge in [0, 0.05) is 6.04 Å². The molecular formula is C12H18N4O. The van der Waals surface area contributed by atoms with Crippen LogP contribution < -0.4 is 22.1 Å². The van der Waals surface area contributed by atoms with Gasteiger partial charge in [-0.15, -0.1) is 0 Å². The van der Waals surface area contributed by atoms with Crippen molar-refractivity contribution in [1.82, 2.24) is 16.3 Å². The van der Waals surface area contributed by atoms with Crippen LogP contribution in [0, 0.1) is 13.8 Å². The van der Waals surface area contributed by atoms with Crippen LogP contribution in [0.25, 0.3) is 0 Å². The minimum absolute atomic E-state index is 0.151. The first-order chi connectivity index (χ1) is 8.11. The Morgan fingerprint density at radius 3 is 2.82 bits per heavy atom. The zero-order valence-corrected chi connectivity index (χ0v) is 10.1. The van der Waals surface area contributed by atoms with E-state index in [1.165, 1.54) is 16.7 Å². The van der Waals surface area contributed by atoms with Crippen LogP contribution in [-0.4, -0.2) is 11.9 Å². The van der Waals surface area contributed by atoms with Crippen molar-refractivity contribution >= 4 is 5.91 Å². The van der Waals surface area contributed by atoms with Crippen molar-refractivity contribution in [2.24, 2.45) is 5.84 Å². The first-order valence-electron chi connectivity index (χ1n) is 5.70. The van der Waals surface area contributed by atoms with Gasteiger partial charge in [-0.2, -0.15) is 0 Å². The van der Waals surface area contributed by atoms with Gasteiger partial charge in [-0.05, 0) is 31.4 Å². The van der Waals surface area contributed by atoms with Crippen molar-refractivity contribution in [2.75, 3.05) is 0 Å². The lowest BCUT2D eigenvalue weighted by atomic mass is 9.96. The third-order valence-electron chi connectivity index (χ3n) is 3.16. The minimum atomic E-state index is -0.272. The van der Waals surface area contributed by atoms with Crippen molar-refractivity contribution in [3.8, 4) is 0 Å². The van der Waals surface area contributed by atoms with Crippen LogP contribution in [0.3, 0.4) is 0 Å². The zero-order chi connectivity index (χ0) is 12.4. The van der Waals surface area contributed by atoms with Crippen LogP contribution in [0.4, 0.5) is 0 Å². The number of nitrogens with one attached hydrogen (secondary N) is 3. The number of carbonyl (C=O) groups excluding carboxylic acids is 1. The fourth-order valence-corrected chi connectivity index (χ4v) is 2.25. The molecule has 0 bridgehead atoms. The molecule has 1 aliphatic heterocycles. The van der Waals surface area contributed by atoms with Crippen molar-refractivity contribution in [2.45, 2.75) is 32.4 Å². The summed E-state index contributed by atoms with van der Waals surface area (Å²) in [5.41, 5.74) is 11.9. The number of hydrogen-bond acceptors (Lipinski definition) is 4. The Hall–Kier alpha value is -1.43.